The van der Waals surface area contributed by atoms with Crippen LogP contribution in [0.15, 0.2) is 59.8 Å². The van der Waals surface area contributed by atoms with Crippen LogP contribution in [0.5, 0.6) is 0 Å². The molecule has 0 fully saturated rings. The van der Waals surface area contributed by atoms with Crippen LogP contribution in [0.1, 0.15) is 58.2 Å². The van der Waals surface area contributed by atoms with Crippen molar-refractivity contribution in [3.8, 4) is 5.69 Å². The summed E-state index contributed by atoms with van der Waals surface area (Å²) in [5.74, 6) is -4.17. The number of carboxylic acids is 1. The van der Waals surface area contributed by atoms with E-state index in [0.29, 0.717) is 22.8 Å². The maximum Gasteiger partial charge on any atom is 0.335 e. The van der Waals surface area contributed by atoms with Gasteiger partial charge in [-0.05, 0) is 86.7 Å². The predicted molar refractivity (Wildman–Crippen MR) is 137 cm³/mol. The molecule has 1 aromatic heterocycles. The molecule has 9 heteroatoms. The predicted octanol–water partition coefficient (Wildman–Crippen LogP) is 7.37. The lowest BCUT2D eigenvalue weighted by Gasteiger charge is -2.36. The number of nitrogens with zero attached hydrogens (tertiary/aromatic N) is 2. The number of imidazole rings is 1. The molecular formula is C29H24F4N2O2S. The third-order valence-corrected chi connectivity index (χ3v) is 8.11. The lowest BCUT2D eigenvalue weighted by atomic mass is 9.71. The van der Waals surface area contributed by atoms with Crippen molar-refractivity contribution in [1.82, 2.24) is 9.55 Å². The Morgan fingerprint density at radius 1 is 1.03 bits per heavy atom. The fourth-order valence-corrected chi connectivity index (χ4v) is 6.16. The fraction of sp³-hybridized carbons (Fsp3) is 0.241. The first-order valence-corrected chi connectivity index (χ1v) is 13.1. The number of thioether (sulfide) groups is 1. The summed E-state index contributed by atoms with van der Waals surface area (Å²) in [5, 5.41) is 9.55. The van der Waals surface area contributed by atoms with E-state index >= 15 is 0 Å². The van der Waals surface area contributed by atoms with Crippen molar-refractivity contribution < 1.29 is 27.5 Å². The first-order chi connectivity index (χ1) is 18.1. The average molecular weight is 541 g/mol. The highest BCUT2D eigenvalue weighted by atomic mass is 32.2. The van der Waals surface area contributed by atoms with Gasteiger partial charge in [-0.1, -0.05) is 23.9 Å². The molecule has 1 atom stereocenters. The van der Waals surface area contributed by atoms with Crippen LogP contribution in [0, 0.1) is 30.2 Å². The number of fused-ring (bicyclic) bond motifs is 1. The molecule has 4 nitrogen and oxygen atoms in total. The Bertz CT molecular complexity index is 1530. The third-order valence-electron chi connectivity index (χ3n) is 7.15. The monoisotopic (exact) mass is 540 g/mol. The molecule has 0 saturated carbocycles. The quantitative estimate of drug-likeness (QED) is 0.205. The Kier molecular flexibility index (Phi) is 6.81. The van der Waals surface area contributed by atoms with Gasteiger partial charge in [0.15, 0.2) is 5.16 Å². The van der Waals surface area contributed by atoms with Crippen LogP contribution in [0.3, 0.4) is 0 Å². The van der Waals surface area contributed by atoms with Crippen molar-refractivity contribution in [3.05, 3.63) is 112 Å². The first kappa shape index (κ1) is 26.0. The summed E-state index contributed by atoms with van der Waals surface area (Å²) in [5.41, 5.74) is 2.47. The minimum atomic E-state index is -1.42. The maximum atomic E-state index is 14.7. The van der Waals surface area contributed by atoms with Gasteiger partial charge in [0, 0.05) is 22.4 Å². The van der Waals surface area contributed by atoms with E-state index in [0.717, 1.165) is 53.7 Å². The van der Waals surface area contributed by atoms with Gasteiger partial charge in [0.1, 0.15) is 23.3 Å². The third kappa shape index (κ3) is 4.60. The van der Waals surface area contributed by atoms with Gasteiger partial charge in [-0.2, -0.15) is 0 Å². The number of aryl methyl sites for hydroxylation is 2. The number of rotatable bonds is 6. The zero-order valence-corrected chi connectivity index (χ0v) is 21.5. The van der Waals surface area contributed by atoms with E-state index in [1.807, 2.05) is 10.6 Å². The Morgan fingerprint density at radius 2 is 1.71 bits per heavy atom. The summed E-state index contributed by atoms with van der Waals surface area (Å²) in [6.45, 7) is 3.78. The van der Waals surface area contributed by atoms with Crippen LogP contribution in [0.25, 0.3) is 5.69 Å². The highest BCUT2D eigenvalue weighted by Gasteiger charge is 2.39. The summed E-state index contributed by atoms with van der Waals surface area (Å²) in [6.07, 6.45) is 2.29. The van der Waals surface area contributed by atoms with E-state index < -0.39 is 34.4 Å². The van der Waals surface area contributed by atoms with Crippen molar-refractivity contribution in [2.24, 2.45) is 0 Å². The van der Waals surface area contributed by atoms with E-state index in [-0.39, 0.29) is 17.1 Å². The van der Waals surface area contributed by atoms with Gasteiger partial charge in [0.05, 0.1) is 17.0 Å². The minimum absolute atomic E-state index is 0.138. The second-order valence-corrected chi connectivity index (χ2v) is 10.6. The Hall–Kier alpha value is -3.59. The van der Waals surface area contributed by atoms with E-state index in [1.54, 1.807) is 25.1 Å². The molecule has 3 aromatic carbocycles. The molecule has 196 valence electrons. The summed E-state index contributed by atoms with van der Waals surface area (Å²) in [7, 11) is 0. The molecule has 0 saturated heterocycles. The molecule has 1 aliphatic rings. The number of aromatic carboxylic acids is 1. The number of benzene rings is 3. The Labute approximate surface area is 221 Å². The average Bonchev–Trinajstić information content (AvgIpc) is 3.25. The van der Waals surface area contributed by atoms with Gasteiger partial charge < -0.3 is 5.11 Å². The number of carboxylic acid groups (broad SMARTS) is 1. The molecule has 1 heterocycles. The van der Waals surface area contributed by atoms with E-state index in [1.165, 1.54) is 18.2 Å². The van der Waals surface area contributed by atoms with Crippen LogP contribution < -0.4 is 0 Å². The summed E-state index contributed by atoms with van der Waals surface area (Å²) in [4.78, 5) is 16.0. The van der Waals surface area contributed by atoms with Crippen molar-refractivity contribution in [1.29, 1.82) is 0 Å². The normalized spacial score (nSPS) is 16.9. The van der Waals surface area contributed by atoms with Crippen LogP contribution in [0.2, 0.25) is 0 Å². The van der Waals surface area contributed by atoms with Gasteiger partial charge in [0.2, 0.25) is 0 Å². The molecule has 0 spiro atoms. The van der Waals surface area contributed by atoms with Gasteiger partial charge in [-0.3, -0.25) is 4.57 Å². The second-order valence-electron chi connectivity index (χ2n) is 9.66. The molecule has 0 aliphatic heterocycles. The highest BCUT2D eigenvalue weighted by molar-refractivity contribution is 7.98. The lowest BCUT2D eigenvalue weighted by molar-refractivity contribution is 0.0695. The zero-order chi connectivity index (χ0) is 27.2. The molecule has 0 amide bonds. The Morgan fingerprint density at radius 3 is 2.34 bits per heavy atom. The maximum absolute atomic E-state index is 14.7. The van der Waals surface area contributed by atoms with Crippen molar-refractivity contribution >= 4 is 17.7 Å². The fourth-order valence-electron chi connectivity index (χ4n) is 5.11. The van der Waals surface area contributed by atoms with Crippen molar-refractivity contribution in [2.45, 2.75) is 49.4 Å². The summed E-state index contributed by atoms with van der Waals surface area (Å²) < 4.78 is 59.2. The van der Waals surface area contributed by atoms with Crippen LogP contribution >= 0.6 is 11.8 Å². The summed E-state index contributed by atoms with van der Waals surface area (Å²) >= 11 is 1.11. The largest absolute Gasteiger partial charge is 0.478 e. The topological polar surface area (TPSA) is 55.1 Å². The molecule has 38 heavy (non-hydrogen) atoms. The van der Waals surface area contributed by atoms with Crippen molar-refractivity contribution in [2.75, 3.05) is 0 Å². The molecular weight excluding hydrogens is 516 g/mol. The SMILES string of the molecule is Cc1cc(C2(C)CCCc3nc(SCc4c(F)cc(C(=O)O)cc4F)n(-c4ccc(F)cc4)c32)ccc1F. The number of aromatic nitrogens is 2. The zero-order valence-electron chi connectivity index (χ0n) is 20.7. The smallest absolute Gasteiger partial charge is 0.335 e. The van der Waals surface area contributed by atoms with Gasteiger partial charge in [-0.15, -0.1) is 0 Å². The molecule has 0 bridgehead atoms. The molecule has 0 radical (unpaired) electrons. The van der Waals surface area contributed by atoms with Gasteiger partial charge in [-0.25, -0.2) is 27.3 Å². The van der Waals surface area contributed by atoms with Crippen LogP contribution in [-0.4, -0.2) is 20.6 Å². The standard InChI is InChI=1S/C29H24F4N2O2S/c1-16-12-18(5-10-22(16)31)29(2)11-3-4-25-26(29)35(20-8-6-19(30)7-9-20)28(34-25)38-15-21-23(32)13-17(27(36)37)14-24(21)33/h5-10,12-14H,3-4,11,15H2,1-2H3,(H,36,37). The Balaban J connectivity index is 1.63. The first-order valence-electron chi connectivity index (χ1n) is 12.1. The van der Waals surface area contributed by atoms with Gasteiger partial charge in [0.25, 0.3) is 0 Å². The highest BCUT2D eigenvalue weighted by Crippen LogP contribution is 2.45. The molecule has 4 aromatic rings. The number of carbonyl (C=O) groups is 1. The minimum Gasteiger partial charge on any atom is -0.478 e. The summed E-state index contributed by atoms with van der Waals surface area (Å²) in [6, 6.07) is 12.5. The van der Waals surface area contributed by atoms with Crippen molar-refractivity contribution in [3.63, 3.8) is 0 Å². The number of hydrogen-bond acceptors (Lipinski definition) is 3. The van der Waals surface area contributed by atoms with Gasteiger partial charge >= 0.3 is 5.97 Å². The van der Waals surface area contributed by atoms with E-state index in [2.05, 4.69) is 6.92 Å². The molecule has 1 N–H and O–H groups in total. The lowest BCUT2D eigenvalue weighted by Crippen LogP contribution is -2.31. The van der Waals surface area contributed by atoms with E-state index in [9.17, 15) is 22.4 Å². The number of halogens is 4. The second kappa shape index (κ2) is 9.94. The molecule has 1 aliphatic carbocycles. The molecule has 1 unspecified atom stereocenters. The molecule has 5 rings (SSSR count). The number of hydrogen-bond donors (Lipinski definition) is 1. The van der Waals surface area contributed by atoms with Crippen LogP contribution in [0.4, 0.5) is 17.6 Å². The van der Waals surface area contributed by atoms with Crippen LogP contribution in [-0.2, 0) is 17.6 Å². The van der Waals surface area contributed by atoms with E-state index in [4.69, 9.17) is 10.1 Å².